The van der Waals surface area contributed by atoms with Crippen LogP contribution in [-0.4, -0.2) is 29.8 Å². The van der Waals surface area contributed by atoms with Crippen molar-refractivity contribution < 1.29 is 9.59 Å². The smallest absolute Gasteiger partial charge is 0.263 e. The fourth-order valence-corrected chi connectivity index (χ4v) is 3.68. The van der Waals surface area contributed by atoms with E-state index in [-0.39, 0.29) is 17.7 Å². The number of rotatable bonds is 3. The molecule has 1 aromatic carbocycles. The van der Waals surface area contributed by atoms with Crippen LogP contribution in [-0.2, 0) is 4.79 Å². The number of thiophene rings is 1. The number of para-hydroxylation sites is 1. The first-order valence-corrected chi connectivity index (χ1v) is 8.67. The van der Waals surface area contributed by atoms with Gasteiger partial charge in [-0.15, -0.1) is 11.3 Å². The molecule has 23 heavy (non-hydrogen) atoms. The molecule has 1 atom stereocenters. The molecule has 120 valence electrons. The number of nitrogens with zero attached hydrogens (tertiary/aromatic N) is 1. The summed E-state index contributed by atoms with van der Waals surface area (Å²) in [6.07, 6.45) is 1.69. The molecule has 3 rings (SSSR count). The number of nitrogens with one attached hydrogen (secondary N) is 1. The Labute approximate surface area is 140 Å². The van der Waals surface area contributed by atoms with Crippen molar-refractivity contribution in [3.63, 3.8) is 0 Å². The highest BCUT2D eigenvalue weighted by Gasteiger charge is 2.29. The molecule has 1 aliphatic rings. The molecule has 1 saturated heterocycles. The van der Waals surface area contributed by atoms with Crippen molar-refractivity contribution in [3.05, 3.63) is 52.2 Å². The van der Waals surface area contributed by atoms with Gasteiger partial charge in [-0.2, -0.15) is 0 Å². The third kappa shape index (κ3) is 3.79. The highest BCUT2D eigenvalue weighted by atomic mass is 32.1. The molecule has 1 aliphatic heterocycles. The average molecular weight is 328 g/mol. The lowest BCUT2D eigenvalue weighted by molar-refractivity contribution is -0.121. The summed E-state index contributed by atoms with van der Waals surface area (Å²) in [5, 5.41) is 2.94. The third-order valence-corrected chi connectivity index (χ3v) is 5.06. The summed E-state index contributed by atoms with van der Waals surface area (Å²) >= 11 is 1.51. The second-order valence-corrected chi connectivity index (χ2v) is 7.14. The zero-order chi connectivity index (χ0) is 16.2. The van der Waals surface area contributed by atoms with E-state index in [1.807, 2.05) is 54.3 Å². The molecule has 2 heterocycles. The van der Waals surface area contributed by atoms with Crippen molar-refractivity contribution in [3.8, 4) is 0 Å². The number of carbonyl (C=O) groups excluding carboxylic acids is 2. The second kappa shape index (κ2) is 6.96. The Hall–Kier alpha value is -2.14. The average Bonchev–Trinajstić information content (AvgIpc) is 3.01. The molecule has 1 fully saturated rings. The Morgan fingerprint density at radius 3 is 2.65 bits per heavy atom. The van der Waals surface area contributed by atoms with E-state index in [2.05, 4.69) is 5.32 Å². The van der Waals surface area contributed by atoms with Gasteiger partial charge in [-0.1, -0.05) is 18.2 Å². The quantitative estimate of drug-likeness (QED) is 0.937. The van der Waals surface area contributed by atoms with Crippen LogP contribution in [0.4, 0.5) is 5.69 Å². The largest absolute Gasteiger partial charge is 0.337 e. The summed E-state index contributed by atoms with van der Waals surface area (Å²) in [4.78, 5) is 28.7. The third-order valence-electron chi connectivity index (χ3n) is 4.07. The van der Waals surface area contributed by atoms with Crippen molar-refractivity contribution in [2.24, 2.45) is 5.92 Å². The number of benzene rings is 1. The number of aryl methyl sites for hydroxylation is 1. The van der Waals surface area contributed by atoms with E-state index in [4.69, 9.17) is 0 Å². The fraction of sp³-hybridized carbons (Fsp3) is 0.333. The van der Waals surface area contributed by atoms with Gasteiger partial charge < -0.3 is 10.2 Å². The number of hydrogen-bond donors (Lipinski definition) is 1. The highest BCUT2D eigenvalue weighted by molar-refractivity contribution is 7.13. The Bertz CT molecular complexity index is 696. The molecule has 5 heteroatoms. The van der Waals surface area contributed by atoms with E-state index >= 15 is 0 Å². The first-order chi connectivity index (χ1) is 11.1. The molecule has 2 amide bonds. The fourth-order valence-electron chi connectivity index (χ4n) is 2.85. The van der Waals surface area contributed by atoms with Gasteiger partial charge in [0.15, 0.2) is 0 Å². The van der Waals surface area contributed by atoms with Gasteiger partial charge in [0, 0.05) is 23.7 Å². The summed E-state index contributed by atoms with van der Waals surface area (Å²) in [6.45, 7) is 3.22. The van der Waals surface area contributed by atoms with E-state index in [1.54, 1.807) is 0 Å². The Balaban J connectivity index is 1.63. The highest BCUT2D eigenvalue weighted by Crippen LogP contribution is 2.23. The van der Waals surface area contributed by atoms with Gasteiger partial charge in [-0.25, -0.2) is 0 Å². The van der Waals surface area contributed by atoms with E-state index in [1.165, 1.54) is 11.3 Å². The van der Waals surface area contributed by atoms with Gasteiger partial charge in [0.1, 0.15) is 0 Å². The molecule has 0 spiro atoms. The van der Waals surface area contributed by atoms with Crippen molar-refractivity contribution in [1.29, 1.82) is 0 Å². The van der Waals surface area contributed by atoms with E-state index in [0.717, 1.165) is 34.8 Å². The van der Waals surface area contributed by atoms with Gasteiger partial charge in [0.05, 0.1) is 10.8 Å². The van der Waals surface area contributed by atoms with Crippen molar-refractivity contribution in [2.45, 2.75) is 19.8 Å². The molecule has 0 aliphatic carbocycles. The number of anilines is 1. The summed E-state index contributed by atoms with van der Waals surface area (Å²) in [7, 11) is 0. The Kier molecular flexibility index (Phi) is 4.76. The van der Waals surface area contributed by atoms with Gasteiger partial charge in [0.25, 0.3) is 5.91 Å². The van der Waals surface area contributed by atoms with Crippen LogP contribution >= 0.6 is 11.3 Å². The molecule has 1 N–H and O–H groups in total. The first-order valence-electron chi connectivity index (χ1n) is 7.85. The minimum absolute atomic E-state index is 0.00365. The van der Waals surface area contributed by atoms with Crippen LogP contribution in [0.15, 0.2) is 42.5 Å². The van der Waals surface area contributed by atoms with Gasteiger partial charge in [-0.3, -0.25) is 9.59 Å². The zero-order valence-corrected chi connectivity index (χ0v) is 13.9. The maximum atomic E-state index is 12.5. The maximum Gasteiger partial charge on any atom is 0.263 e. The molecule has 1 unspecified atom stereocenters. The number of carbonyl (C=O) groups is 2. The summed E-state index contributed by atoms with van der Waals surface area (Å²) < 4.78 is 0. The molecular weight excluding hydrogens is 308 g/mol. The normalized spacial score (nSPS) is 17.8. The minimum Gasteiger partial charge on any atom is -0.337 e. The van der Waals surface area contributed by atoms with Crippen LogP contribution in [0.3, 0.4) is 0 Å². The Morgan fingerprint density at radius 1 is 1.17 bits per heavy atom. The summed E-state index contributed by atoms with van der Waals surface area (Å²) in [6, 6.07) is 13.3. The van der Waals surface area contributed by atoms with Gasteiger partial charge >= 0.3 is 0 Å². The summed E-state index contributed by atoms with van der Waals surface area (Å²) in [5.41, 5.74) is 0.801. The molecule has 2 aromatic rings. The van der Waals surface area contributed by atoms with E-state index < -0.39 is 0 Å². The number of amides is 2. The monoisotopic (exact) mass is 328 g/mol. The van der Waals surface area contributed by atoms with E-state index in [9.17, 15) is 9.59 Å². The first kappa shape index (κ1) is 15.7. The molecule has 0 saturated carbocycles. The number of hydrogen-bond acceptors (Lipinski definition) is 3. The van der Waals surface area contributed by atoms with Crippen molar-refractivity contribution in [2.75, 3.05) is 18.4 Å². The topological polar surface area (TPSA) is 49.4 Å². The van der Waals surface area contributed by atoms with Crippen LogP contribution in [0.25, 0.3) is 0 Å². The van der Waals surface area contributed by atoms with E-state index in [0.29, 0.717) is 6.54 Å². The summed E-state index contributed by atoms with van der Waals surface area (Å²) in [5.74, 6) is -0.106. The minimum atomic E-state index is -0.144. The molecule has 4 nitrogen and oxygen atoms in total. The predicted octanol–water partition coefficient (Wildman–Crippen LogP) is 3.55. The molecule has 0 radical (unpaired) electrons. The van der Waals surface area contributed by atoms with Crippen LogP contribution < -0.4 is 5.32 Å². The number of piperidine rings is 1. The van der Waals surface area contributed by atoms with Gasteiger partial charge in [-0.05, 0) is 44.0 Å². The lowest BCUT2D eigenvalue weighted by Gasteiger charge is -2.31. The number of likely N-dealkylation sites (tertiary alicyclic amines) is 1. The zero-order valence-electron chi connectivity index (χ0n) is 13.1. The Morgan fingerprint density at radius 2 is 1.96 bits per heavy atom. The molecular formula is C18H20N2O2S. The molecule has 0 bridgehead atoms. The second-order valence-electron chi connectivity index (χ2n) is 5.86. The van der Waals surface area contributed by atoms with Crippen LogP contribution in [0.5, 0.6) is 0 Å². The van der Waals surface area contributed by atoms with Crippen LogP contribution in [0, 0.1) is 12.8 Å². The SMILES string of the molecule is Cc1ccc(C(=O)N2CCCC(C(=O)Nc3ccccc3)C2)s1. The van der Waals surface area contributed by atoms with Crippen LogP contribution in [0.2, 0.25) is 0 Å². The maximum absolute atomic E-state index is 12.5. The van der Waals surface area contributed by atoms with Crippen molar-refractivity contribution in [1.82, 2.24) is 4.90 Å². The standard InChI is InChI=1S/C18H20N2O2S/c1-13-9-10-16(23-13)18(22)20-11-5-6-14(12-20)17(21)19-15-7-3-2-4-8-15/h2-4,7-10,14H,5-6,11-12H2,1H3,(H,19,21). The lowest BCUT2D eigenvalue weighted by Crippen LogP contribution is -2.43. The predicted molar refractivity (Wildman–Crippen MR) is 92.8 cm³/mol. The van der Waals surface area contributed by atoms with Gasteiger partial charge in [0.2, 0.25) is 5.91 Å². The van der Waals surface area contributed by atoms with Crippen molar-refractivity contribution >= 4 is 28.8 Å². The molecule has 1 aromatic heterocycles. The lowest BCUT2D eigenvalue weighted by atomic mass is 9.97. The van der Waals surface area contributed by atoms with Crippen LogP contribution in [0.1, 0.15) is 27.4 Å².